The lowest BCUT2D eigenvalue weighted by molar-refractivity contribution is 0.0491. The minimum atomic E-state index is 0.669. The summed E-state index contributed by atoms with van der Waals surface area (Å²) < 4.78 is 5.78. The standard InChI is InChI=1S/C15H32N2O/c1-13(2)15(5)12-18-11-10-16-6-8-17(9-7-16)14(3)4/h13-15H,6-12H2,1-5H3. The summed E-state index contributed by atoms with van der Waals surface area (Å²) in [5.41, 5.74) is 0. The van der Waals surface area contributed by atoms with Crippen LogP contribution in [0.1, 0.15) is 34.6 Å². The average Bonchev–Trinajstić information content (AvgIpc) is 2.34. The molecule has 1 aliphatic heterocycles. The highest BCUT2D eigenvalue weighted by Crippen LogP contribution is 2.10. The fourth-order valence-corrected chi connectivity index (χ4v) is 2.16. The van der Waals surface area contributed by atoms with Gasteiger partial charge in [0.25, 0.3) is 0 Å². The van der Waals surface area contributed by atoms with Crippen LogP contribution >= 0.6 is 0 Å². The second-order valence-corrected chi connectivity index (χ2v) is 6.27. The molecule has 3 heteroatoms. The van der Waals surface area contributed by atoms with Crippen molar-refractivity contribution in [3.05, 3.63) is 0 Å². The summed E-state index contributed by atoms with van der Waals surface area (Å²) in [4.78, 5) is 5.08. The van der Waals surface area contributed by atoms with E-state index in [2.05, 4.69) is 44.4 Å². The first kappa shape index (κ1) is 15.9. The fraction of sp³-hybridized carbons (Fsp3) is 1.00. The van der Waals surface area contributed by atoms with Gasteiger partial charge in [0, 0.05) is 45.4 Å². The molecular weight excluding hydrogens is 224 g/mol. The van der Waals surface area contributed by atoms with Crippen LogP contribution in [-0.2, 0) is 4.74 Å². The Balaban J connectivity index is 2.04. The summed E-state index contributed by atoms with van der Waals surface area (Å²) >= 11 is 0. The van der Waals surface area contributed by atoms with Crippen molar-refractivity contribution < 1.29 is 4.74 Å². The van der Waals surface area contributed by atoms with E-state index in [4.69, 9.17) is 4.74 Å². The van der Waals surface area contributed by atoms with Crippen molar-refractivity contribution >= 4 is 0 Å². The van der Waals surface area contributed by atoms with Gasteiger partial charge in [-0.05, 0) is 25.7 Å². The predicted octanol–water partition coefficient (Wildman–Crippen LogP) is 2.32. The van der Waals surface area contributed by atoms with Gasteiger partial charge < -0.3 is 4.74 Å². The highest BCUT2D eigenvalue weighted by atomic mass is 16.5. The predicted molar refractivity (Wildman–Crippen MR) is 78.0 cm³/mol. The summed E-state index contributed by atoms with van der Waals surface area (Å²) in [7, 11) is 0. The molecule has 1 unspecified atom stereocenters. The molecule has 0 aromatic heterocycles. The first-order valence-electron chi connectivity index (χ1n) is 7.55. The summed E-state index contributed by atoms with van der Waals surface area (Å²) in [6.45, 7) is 19.1. The molecule has 0 bridgehead atoms. The monoisotopic (exact) mass is 256 g/mol. The lowest BCUT2D eigenvalue weighted by atomic mass is 9.99. The summed E-state index contributed by atoms with van der Waals surface area (Å²) in [6, 6.07) is 0.690. The zero-order valence-electron chi connectivity index (χ0n) is 13.0. The second kappa shape index (κ2) is 8.13. The fourth-order valence-electron chi connectivity index (χ4n) is 2.16. The number of nitrogens with zero attached hydrogens (tertiary/aromatic N) is 2. The summed E-state index contributed by atoms with van der Waals surface area (Å²) in [5, 5.41) is 0. The van der Waals surface area contributed by atoms with Crippen LogP contribution in [0.5, 0.6) is 0 Å². The SMILES string of the molecule is CC(C)C(C)COCCN1CCN(C(C)C)CC1. The second-order valence-electron chi connectivity index (χ2n) is 6.27. The average molecular weight is 256 g/mol. The molecule has 1 saturated heterocycles. The molecule has 0 aromatic carbocycles. The molecule has 1 atom stereocenters. The van der Waals surface area contributed by atoms with Gasteiger partial charge in [-0.25, -0.2) is 0 Å². The van der Waals surface area contributed by atoms with Crippen molar-refractivity contribution in [2.24, 2.45) is 11.8 Å². The van der Waals surface area contributed by atoms with Gasteiger partial charge in [-0.1, -0.05) is 20.8 Å². The molecule has 1 aliphatic rings. The Kier molecular flexibility index (Phi) is 7.20. The Bertz CT molecular complexity index is 211. The third-order valence-electron chi connectivity index (χ3n) is 4.21. The van der Waals surface area contributed by atoms with E-state index in [1.165, 1.54) is 26.2 Å². The van der Waals surface area contributed by atoms with Gasteiger partial charge in [-0.3, -0.25) is 9.80 Å². The number of ether oxygens (including phenoxy) is 1. The topological polar surface area (TPSA) is 15.7 Å². The maximum atomic E-state index is 5.78. The van der Waals surface area contributed by atoms with Gasteiger partial charge >= 0.3 is 0 Å². The van der Waals surface area contributed by atoms with Crippen LogP contribution in [0.4, 0.5) is 0 Å². The molecule has 3 nitrogen and oxygen atoms in total. The third-order valence-corrected chi connectivity index (χ3v) is 4.21. The third kappa shape index (κ3) is 5.68. The normalized spacial score (nSPS) is 20.8. The van der Waals surface area contributed by atoms with Gasteiger partial charge in [0.1, 0.15) is 0 Å². The van der Waals surface area contributed by atoms with Gasteiger partial charge in [-0.2, -0.15) is 0 Å². The van der Waals surface area contributed by atoms with Crippen molar-refractivity contribution in [1.29, 1.82) is 0 Å². The van der Waals surface area contributed by atoms with Crippen molar-refractivity contribution in [1.82, 2.24) is 9.80 Å². The molecule has 0 N–H and O–H groups in total. The van der Waals surface area contributed by atoms with Gasteiger partial charge in [-0.15, -0.1) is 0 Å². The summed E-state index contributed by atoms with van der Waals surface area (Å²) in [6.07, 6.45) is 0. The van der Waals surface area contributed by atoms with Crippen LogP contribution in [0.25, 0.3) is 0 Å². The van der Waals surface area contributed by atoms with E-state index in [9.17, 15) is 0 Å². The smallest absolute Gasteiger partial charge is 0.0593 e. The Morgan fingerprint density at radius 1 is 0.944 bits per heavy atom. The Labute approximate surface area is 113 Å². The molecule has 0 radical (unpaired) electrons. The molecule has 1 heterocycles. The van der Waals surface area contributed by atoms with E-state index >= 15 is 0 Å². The molecule has 1 rings (SSSR count). The van der Waals surface area contributed by atoms with E-state index in [-0.39, 0.29) is 0 Å². The van der Waals surface area contributed by atoms with Crippen LogP contribution in [0, 0.1) is 11.8 Å². The number of hydrogen-bond donors (Lipinski definition) is 0. The highest BCUT2D eigenvalue weighted by molar-refractivity contribution is 4.73. The minimum absolute atomic E-state index is 0.669. The first-order valence-corrected chi connectivity index (χ1v) is 7.55. The van der Waals surface area contributed by atoms with Gasteiger partial charge in [0.2, 0.25) is 0 Å². The molecule has 18 heavy (non-hydrogen) atoms. The highest BCUT2D eigenvalue weighted by Gasteiger charge is 2.18. The number of piperazine rings is 1. The Morgan fingerprint density at radius 3 is 2.06 bits per heavy atom. The van der Waals surface area contributed by atoms with Crippen molar-refractivity contribution in [2.75, 3.05) is 45.9 Å². The van der Waals surface area contributed by atoms with E-state index in [1.54, 1.807) is 0 Å². The molecule has 0 aromatic rings. The lowest BCUT2D eigenvalue weighted by Gasteiger charge is -2.36. The van der Waals surface area contributed by atoms with Crippen molar-refractivity contribution in [2.45, 2.75) is 40.7 Å². The molecule has 0 saturated carbocycles. The van der Waals surface area contributed by atoms with Crippen LogP contribution in [0.15, 0.2) is 0 Å². The molecular formula is C15H32N2O. The van der Waals surface area contributed by atoms with Crippen LogP contribution in [0.2, 0.25) is 0 Å². The van der Waals surface area contributed by atoms with Gasteiger partial charge in [0.05, 0.1) is 6.61 Å². The Hall–Kier alpha value is -0.120. The van der Waals surface area contributed by atoms with Crippen LogP contribution in [0.3, 0.4) is 0 Å². The van der Waals surface area contributed by atoms with E-state index in [0.717, 1.165) is 25.7 Å². The minimum Gasteiger partial charge on any atom is -0.380 e. The molecule has 0 spiro atoms. The maximum absolute atomic E-state index is 5.78. The van der Waals surface area contributed by atoms with E-state index < -0.39 is 0 Å². The largest absolute Gasteiger partial charge is 0.380 e. The maximum Gasteiger partial charge on any atom is 0.0593 e. The quantitative estimate of drug-likeness (QED) is 0.650. The molecule has 0 aliphatic carbocycles. The van der Waals surface area contributed by atoms with E-state index in [0.29, 0.717) is 12.0 Å². The lowest BCUT2D eigenvalue weighted by Crippen LogP contribution is -2.49. The van der Waals surface area contributed by atoms with Crippen LogP contribution in [-0.4, -0.2) is 61.8 Å². The zero-order chi connectivity index (χ0) is 13.5. The first-order chi connectivity index (χ1) is 8.50. The van der Waals surface area contributed by atoms with Crippen LogP contribution < -0.4 is 0 Å². The molecule has 108 valence electrons. The molecule has 0 amide bonds. The summed E-state index contributed by atoms with van der Waals surface area (Å²) in [5.74, 6) is 1.39. The number of rotatable bonds is 7. The van der Waals surface area contributed by atoms with Crippen molar-refractivity contribution in [3.8, 4) is 0 Å². The zero-order valence-corrected chi connectivity index (χ0v) is 13.0. The Morgan fingerprint density at radius 2 is 1.56 bits per heavy atom. The van der Waals surface area contributed by atoms with E-state index in [1.807, 2.05) is 0 Å². The van der Waals surface area contributed by atoms with Gasteiger partial charge in [0.15, 0.2) is 0 Å². The number of hydrogen-bond acceptors (Lipinski definition) is 3. The van der Waals surface area contributed by atoms with Crippen molar-refractivity contribution in [3.63, 3.8) is 0 Å². The molecule has 1 fully saturated rings.